The molecule has 94 valence electrons. The standard InChI is InChI=1S/C13H17BrO3/c1-13(2,3)12(15)11-9(14)6-8(16-4)7-10(11)17-5/h6-7H,1-5H3. The van der Waals surface area contributed by atoms with Gasteiger partial charge in [0, 0.05) is 16.0 Å². The Bertz CT molecular complexity index is 433. The number of ether oxygens (including phenoxy) is 2. The van der Waals surface area contributed by atoms with Crippen LogP contribution in [-0.4, -0.2) is 20.0 Å². The number of benzene rings is 1. The fourth-order valence-corrected chi connectivity index (χ4v) is 2.03. The van der Waals surface area contributed by atoms with Crippen molar-refractivity contribution in [1.82, 2.24) is 0 Å². The largest absolute Gasteiger partial charge is 0.497 e. The molecule has 3 nitrogen and oxygen atoms in total. The van der Waals surface area contributed by atoms with Gasteiger partial charge in [0.15, 0.2) is 5.78 Å². The molecule has 1 aromatic rings. The summed E-state index contributed by atoms with van der Waals surface area (Å²) in [6.07, 6.45) is 0. The third kappa shape index (κ3) is 3.00. The van der Waals surface area contributed by atoms with E-state index in [0.29, 0.717) is 21.5 Å². The number of hydrogen-bond acceptors (Lipinski definition) is 3. The molecule has 0 saturated carbocycles. The first-order valence-electron chi connectivity index (χ1n) is 5.27. The van der Waals surface area contributed by atoms with Gasteiger partial charge in [0.05, 0.1) is 19.8 Å². The molecule has 0 amide bonds. The second-order valence-corrected chi connectivity index (χ2v) is 5.62. The molecule has 0 unspecified atom stereocenters. The van der Waals surface area contributed by atoms with Gasteiger partial charge in [0.1, 0.15) is 11.5 Å². The molecule has 0 bridgehead atoms. The van der Waals surface area contributed by atoms with Gasteiger partial charge in [-0.1, -0.05) is 20.8 Å². The van der Waals surface area contributed by atoms with Crippen LogP contribution in [0.1, 0.15) is 31.1 Å². The summed E-state index contributed by atoms with van der Waals surface area (Å²) in [4.78, 5) is 12.3. The summed E-state index contributed by atoms with van der Waals surface area (Å²) >= 11 is 3.39. The summed E-state index contributed by atoms with van der Waals surface area (Å²) in [5.74, 6) is 1.21. The summed E-state index contributed by atoms with van der Waals surface area (Å²) in [7, 11) is 3.12. The van der Waals surface area contributed by atoms with Crippen LogP contribution < -0.4 is 9.47 Å². The minimum Gasteiger partial charge on any atom is -0.497 e. The average Bonchev–Trinajstić information content (AvgIpc) is 2.25. The number of carbonyl (C=O) groups excluding carboxylic acids is 1. The number of carbonyl (C=O) groups is 1. The van der Waals surface area contributed by atoms with Crippen molar-refractivity contribution >= 4 is 21.7 Å². The maximum Gasteiger partial charge on any atom is 0.173 e. The van der Waals surface area contributed by atoms with Gasteiger partial charge < -0.3 is 9.47 Å². The Morgan fingerprint density at radius 2 is 1.76 bits per heavy atom. The van der Waals surface area contributed by atoms with Crippen LogP contribution in [-0.2, 0) is 0 Å². The summed E-state index contributed by atoms with van der Waals surface area (Å²) < 4.78 is 11.1. The minimum atomic E-state index is -0.454. The Balaban J connectivity index is 3.38. The number of halogens is 1. The van der Waals surface area contributed by atoms with Gasteiger partial charge in [-0.15, -0.1) is 0 Å². The van der Waals surface area contributed by atoms with Crippen LogP contribution in [0.4, 0.5) is 0 Å². The Morgan fingerprint density at radius 1 is 1.18 bits per heavy atom. The quantitative estimate of drug-likeness (QED) is 0.799. The monoisotopic (exact) mass is 300 g/mol. The lowest BCUT2D eigenvalue weighted by Gasteiger charge is -2.20. The Hall–Kier alpha value is -1.03. The minimum absolute atomic E-state index is 0.0314. The lowest BCUT2D eigenvalue weighted by Crippen LogP contribution is -2.21. The molecule has 4 heteroatoms. The van der Waals surface area contributed by atoms with Crippen LogP contribution in [0, 0.1) is 5.41 Å². The van der Waals surface area contributed by atoms with Gasteiger partial charge >= 0.3 is 0 Å². The first-order chi connectivity index (χ1) is 7.81. The van der Waals surface area contributed by atoms with Crippen LogP contribution in [0.15, 0.2) is 16.6 Å². The fourth-order valence-electron chi connectivity index (χ4n) is 1.43. The molecule has 0 N–H and O–H groups in total. The third-order valence-electron chi connectivity index (χ3n) is 2.39. The van der Waals surface area contributed by atoms with Crippen LogP contribution in [0.25, 0.3) is 0 Å². The molecule has 0 heterocycles. The Labute approximate surface area is 110 Å². The van der Waals surface area contributed by atoms with E-state index in [-0.39, 0.29) is 5.78 Å². The molecule has 1 aromatic carbocycles. The van der Waals surface area contributed by atoms with Crippen LogP contribution in [0.3, 0.4) is 0 Å². The molecule has 0 radical (unpaired) electrons. The van der Waals surface area contributed by atoms with Gasteiger partial charge in [-0.3, -0.25) is 4.79 Å². The summed E-state index contributed by atoms with van der Waals surface area (Å²) in [6, 6.07) is 3.48. The normalized spacial score (nSPS) is 11.2. The highest BCUT2D eigenvalue weighted by Gasteiger charge is 2.28. The molecule has 0 aliphatic heterocycles. The van der Waals surface area contributed by atoms with Gasteiger partial charge in [-0.25, -0.2) is 0 Å². The first kappa shape index (κ1) is 14.0. The maximum atomic E-state index is 12.3. The van der Waals surface area contributed by atoms with Crippen molar-refractivity contribution in [3.8, 4) is 11.5 Å². The van der Waals surface area contributed by atoms with Crippen molar-refractivity contribution in [1.29, 1.82) is 0 Å². The molecule has 0 aliphatic carbocycles. The highest BCUT2D eigenvalue weighted by Crippen LogP contribution is 2.36. The molecule has 0 fully saturated rings. The van der Waals surface area contributed by atoms with Crippen molar-refractivity contribution in [3.63, 3.8) is 0 Å². The second-order valence-electron chi connectivity index (χ2n) is 4.77. The number of rotatable bonds is 3. The van der Waals surface area contributed by atoms with Gasteiger partial charge in [-0.05, 0) is 22.0 Å². The SMILES string of the molecule is COc1cc(Br)c(C(=O)C(C)(C)C)c(OC)c1. The Morgan fingerprint density at radius 3 is 2.18 bits per heavy atom. The predicted octanol–water partition coefficient (Wildman–Crippen LogP) is 3.70. The van der Waals surface area contributed by atoms with E-state index in [0.717, 1.165) is 0 Å². The fraction of sp³-hybridized carbons (Fsp3) is 0.462. The van der Waals surface area contributed by atoms with Crippen molar-refractivity contribution in [3.05, 3.63) is 22.2 Å². The van der Waals surface area contributed by atoms with Gasteiger partial charge in [0.25, 0.3) is 0 Å². The van der Waals surface area contributed by atoms with Crippen LogP contribution in [0.5, 0.6) is 11.5 Å². The van der Waals surface area contributed by atoms with E-state index in [9.17, 15) is 4.79 Å². The van der Waals surface area contributed by atoms with E-state index in [2.05, 4.69) is 15.9 Å². The summed E-state index contributed by atoms with van der Waals surface area (Å²) in [5.41, 5.74) is 0.102. The molecular formula is C13H17BrO3. The first-order valence-corrected chi connectivity index (χ1v) is 6.07. The summed E-state index contributed by atoms with van der Waals surface area (Å²) in [5, 5.41) is 0. The molecule has 0 spiro atoms. The number of Topliss-reactive ketones (excluding diaryl/α,β-unsaturated/α-hetero) is 1. The van der Waals surface area contributed by atoms with Crippen molar-refractivity contribution in [2.75, 3.05) is 14.2 Å². The van der Waals surface area contributed by atoms with Crippen LogP contribution >= 0.6 is 15.9 Å². The van der Waals surface area contributed by atoms with E-state index >= 15 is 0 Å². The Kier molecular flexibility index (Phi) is 4.20. The van der Waals surface area contributed by atoms with E-state index in [1.54, 1.807) is 26.4 Å². The van der Waals surface area contributed by atoms with E-state index < -0.39 is 5.41 Å². The zero-order valence-corrected chi connectivity index (χ0v) is 12.3. The summed E-state index contributed by atoms with van der Waals surface area (Å²) in [6.45, 7) is 5.64. The number of hydrogen-bond donors (Lipinski definition) is 0. The van der Waals surface area contributed by atoms with Crippen molar-refractivity contribution in [2.24, 2.45) is 5.41 Å². The molecule has 0 saturated heterocycles. The average molecular weight is 301 g/mol. The second kappa shape index (κ2) is 5.08. The highest BCUT2D eigenvalue weighted by molar-refractivity contribution is 9.10. The highest BCUT2D eigenvalue weighted by atomic mass is 79.9. The lowest BCUT2D eigenvalue weighted by atomic mass is 9.86. The lowest BCUT2D eigenvalue weighted by molar-refractivity contribution is 0.0854. The van der Waals surface area contributed by atoms with Gasteiger partial charge in [0.2, 0.25) is 0 Å². The molecule has 17 heavy (non-hydrogen) atoms. The predicted molar refractivity (Wildman–Crippen MR) is 71.0 cm³/mol. The molecule has 0 aromatic heterocycles. The smallest absolute Gasteiger partial charge is 0.173 e. The zero-order valence-electron chi connectivity index (χ0n) is 10.8. The molecule has 0 aliphatic rings. The van der Waals surface area contributed by atoms with Gasteiger partial charge in [-0.2, -0.15) is 0 Å². The van der Waals surface area contributed by atoms with Crippen molar-refractivity contribution < 1.29 is 14.3 Å². The van der Waals surface area contributed by atoms with Crippen LogP contribution in [0.2, 0.25) is 0 Å². The molecule has 0 atom stereocenters. The van der Waals surface area contributed by atoms with Crippen molar-refractivity contribution in [2.45, 2.75) is 20.8 Å². The van der Waals surface area contributed by atoms with E-state index in [1.807, 2.05) is 20.8 Å². The van der Waals surface area contributed by atoms with E-state index in [4.69, 9.17) is 9.47 Å². The zero-order chi connectivity index (χ0) is 13.2. The third-order valence-corrected chi connectivity index (χ3v) is 3.02. The molecule has 1 rings (SSSR count). The van der Waals surface area contributed by atoms with E-state index in [1.165, 1.54) is 0 Å². The number of ketones is 1. The maximum absolute atomic E-state index is 12.3. The number of methoxy groups -OCH3 is 2. The molecular weight excluding hydrogens is 284 g/mol. The topological polar surface area (TPSA) is 35.5 Å².